The average Bonchev–Trinajstić information content (AvgIpc) is 3.52. The standard InChI is InChI=1S/C36H22O/c1-2-11-24-22-25(21-20-23(24)10-1)34-26-12-3-5-14-28(26)35(29-15-6-4-13-27(29)34)31-17-9-19-33-36(31)30-16-7-8-18-32(30)37-33/h1-22H/i1D,2D,3D,4D,5D,6D,7D,8D,9D,10D,11D,16D,17D,18D,19D,20D. The Morgan fingerprint density at radius 1 is 0.459 bits per heavy atom. The first-order chi connectivity index (χ1) is 25.0. The molecule has 0 fully saturated rings. The number of furan rings is 1. The van der Waals surface area contributed by atoms with Crippen molar-refractivity contribution in [2.75, 3.05) is 0 Å². The lowest BCUT2D eigenvalue weighted by Crippen LogP contribution is -1.91. The number of para-hydroxylation sites is 1. The minimum Gasteiger partial charge on any atom is -0.456 e. The SMILES string of the molecule is [2H]c1cc2c(-c3cc([2H])c4c([2H])c([2H])c([2H])c([2H])c4c3)c3cc([2H])c([2H])cc3c(-c3c([2H])c([2H])c([2H])c4oc5c([2H])c([2H])c([2H])c([2H])c5c34)c2cc1[2H]. The maximum Gasteiger partial charge on any atom is 0.136 e. The van der Waals surface area contributed by atoms with Gasteiger partial charge in [0, 0.05) is 10.8 Å². The first kappa shape index (κ1) is 10.2. The number of hydrogen-bond acceptors (Lipinski definition) is 1. The van der Waals surface area contributed by atoms with E-state index in [1.54, 1.807) is 0 Å². The molecule has 7 aromatic carbocycles. The minimum absolute atomic E-state index is 0.0228. The molecule has 0 saturated heterocycles. The molecule has 0 aliphatic rings. The zero-order chi connectivity index (χ0) is 38.3. The molecule has 1 heteroatoms. The van der Waals surface area contributed by atoms with Crippen LogP contribution in [0.5, 0.6) is 0 Å². The summed E-state index contributed by atoms with van der Waals surface area (Å²) in [6.45, 7) is 0. The molecule has 8 aromatic rings. The van der Waals surface area contributed by atoms with E-state index in [2.05, 4.69) is 0 Å². The van der Waals surface area contributed by atoms with Gasteiger partial charge >= 0.3 is 0 Å². The Labute approximate surface area is 236 Å². The largest absolute Gasteiger partial charge is 0.456 e. The quantitative estimate of drug-likeness (QED) is 0.221. The first-order valence-electron chi connectivity index (χ1n) is 19.4. The molecule has 0 unspecified atom stereocenters. The van der Waals surface area contributed by atoms with Gasteiger partial charge < -0.3 is 4.42 Å². The van der Waals surface area contributed by atoms with Crippen LogP contribution in [0.4, 0.5) is 0 Å². The van der Waals surface area contributed by atoms with E-state index in [-0.39, 0.29) is 113 Å². The van der Waals surface area contributed by atoms with Crippen molar-refractivity contribution in [3.63, 3.8) is 0 Å². The van der Waals surface area contributed by atoms with Crippen LogP contribution in [0.25, 0.3) is 76.5 Å². The van der Waals surface area contributed by atoms with Gasteiger partial charge in [0.2, 0.25) is 0 Å². The first-order valence-corrected chi connectivity index (χ1v) is 11.4. The Kier molecular flexibility index (Phi) is 2.16. The van der Waals surface area contributed by atoms with Gasteiger partial charge in [-0.3, -0.25) is 0 Å². The summed E-state index contributed by atoms with van der Waals surface area (Å²) in [5.74, 6) is 0. The molecule has 1 nitrogen and oxygen atoms in total. The van der Waals surface area contributed by atoms with E-state index in [0.717, 1.165) is 0 Å². The fourth-order valence-corrected chi connectivity index (χ4v) is 5.05. The molecule has 1 aromatic heterocycles. The Bertz CT molecular complexity index is 2950. The average molecular weight is 487 g/mol. The van der Waals surface area contributed by atoms with Gasteiger partial charge in [-0.1, -0.05) is 115 Å². The predicted octanol–water partition coefficient (Wildman–Crippen LogP) is 10.4. The van der Waals surface area contributed by atoms with Crippen LogP contribution < -0.4 is 0 Å². The summed E-state index contributed by atoms with van der Waals surface area (Å²) in [4.78, 5) is 0. The Morgan fingerprint density at radius 2 is 1.08 bits per heavy atom. The molecule has 0 aliphatic heterocycles. The van der Waals surface area contributed by atoms with Crippen molar-refractivity contribution in [2.45, 2.75) is 0 Å². The van der Waals surface area contributed by atoms with E-state index in [0.29, 0.717) is 0 Å². The fraction of sp³-hybridized carbons (Fsp3) is 0. The van der Waals surface area contributed by atoms with Crippen LogP contribution in [0.3, 0.4) is 0 Å². The summed E-state index contributed by atoms with van der Waals surface area (Å²) < 4.78 is 144. The highest BCUT2D eigenvalue weighted by atomic mass is 16.3. The molecule has 37 heavy (non-hydrogen) atoms. The van der Waals surface area contributed by atoms with E-state index < -0.39 is 60.4 Å². The molecular weight excluding hydrogens is 448 g/mol. The smallest absolute Gasteiger partial charge is 0.136 e. The molecule has 1 heterocycles. The van der Waals surface area contributed by atoms with Crippen molar-refractivity contribution in [3.05, 3.63) is 133 Å². The van der Waals surface area contributed by atoms with Gasteiger partial charge in [0.1, 0.15) is 11.2 Å². The molecule has 0 spiro atoms. The highest BCUT2D eigenvalue weighted by molar-refractivity contribution is 6.25. The molecule has 8 rings (SSSR count). The molecule has 0 aliphatic carbocycles. The van der Waals surface area contributed by atoms with Gasteiger partial charge in [0.15, 0.2) is 0 Å². The summed E-state index contributed by atoms with van der Waals surface area (Å²) >= 11 is 0. The maximum atomic E-state index is 9.24. The van der Waals surface area contributed by atoms with Gasteiger partial charge in [-0.15, -0.1) is 0 Å². The van der Waals surface area contributed by atoms with Gasteiger partial charge in [0.05, 0.1) is 21.9 Å². The summed E-state index contributed by atoms with van der Waals surface area (Å²) in [6.07, 6.45) is 0. The molecule has 0 bridgehead atoms. The number of benzene rings is 7. The van der Waals surface area contributed by atoms with E-state index >= 15 is 0 Å². The second kappa shape index (κ2) is 7.81. The van der Waals surface area contributed by atoms with Crippen molar-refractivity contribution in [2.24, 2.45) is 0 Å². The van der Waals surface area contributed by atoms with E-state index in [9.17, 15) is 1.37 Å². The number of hydrogen-bond donors (Lipinski definition) is 0. The van der Waals surface area contributed by atoms with Gasteiger partial charge in [-0.25, -0.2) is 0 Å². The second-order valence-corrected chi connectivity index (χ2v) is 8.50. The summed E-state index contributed by atoms with van der Waals surface area (Å²) in [7, 11) is 0. The second-order valence-electron chi connectivity index (χ2n) is 8.50. The van der Waals surface area contributed by atoms with Crippen LogP contribution in [-0.4, -0.2) is 0 Å². The van der Waals surface area contributed by atoms with Crippen LogP contribution >= 0.6 is 0 Å². The molecule has 0 saturated carbocycles. The molecule has 0 N–H and O–H groups in total. The fourth-order valence-electron chi connectivity index (χ4n) is 5.05. The number of rotatable bonds is 2. The van der Waals surface area contributed by atoms with Crippen molar-refractivity contribution in [1.82, 2.24) is 0 Å². The zero-order valence-corrected chi connectivity index (χ0v) is 18.9. The third-order valence-electron chi connectivity index (χ3n) is 6.57. The van der Waals surface area contributed by atoms with E-state index in [1.165, 1.54) is 36.4 Å². The highest BCUT2D eigenvalue weighted by Gasteiger charge is 2.20. The molecular formula is C36H22O. The minimum atomic E-state index is -0.603. The monoisotopic (exact) mass is 486 g/mol. The predicted molar refractivity (Wildman–Crippen MR) is 157 cm³/mol. The Balaban J connectivity index is 1.66. The third-order valence-corrected chi connectivity index (χ3v) is 6.57. The topological polar surface area (TPSA) is 13.1 Å². The molecule has 0 radical (unpaired) electrons. The summed E-state index contributed by atoms with van der Waals surface area (Å²) in [6, 6.07) is 1.33. The lowest BCUT2D eigenvalue weighted by molar-refractivity contribution is 0.669. The van der Waals surface area contributed by atoms with Crippen molar-refractivity contribution in [1.29, 1.82) is 0 Å². The molecule has 172 valence electrons. The number of fused-ring (bicyclic) bond motifs is 6. The Morgan fingerprint density at radius 3 is 1.84 bits per heavy atom. The third kappa shape index (κ3) is 2.98. The lowest BCUT2D eigenvalue weighted by Gasteiger charge is -2.18. The van der Waals surface area contributed by atoms with Crippen molar-refractivity contribution in [3.8, 4) is 22.3 Å². The Hall–Kier alpha value is -4.88. The van der Waals surface area contributed by atoms with Crippen molar-refractivity contribution < 1.29 is 26.3 Å². The van der Waals surface area contributed by atoms with Crippen molar-refractivity contribution >= 4 is 54.3 Å². The maximum absolute atomic E-state index is 9.24. The highest BCUT2D eigenvalue weighted by Crippen LogP contribution is 2.46. The van der Waals surface area contributed by atoms with E-state index in [1.807, 2.05) is 0 Å². The summed E-state index contributed by atoms with van der Waals surface area (Å²) in [5, 5.41) is 0.653. The van der Waals surface area contributed by atoms with Crippen LogP contribution in [0.1, 0.15) is 21.9 Å². The normalized spacial score (nSPS) is 17.8. The molecule has 0 atom stereocenters. The lowest BCUT2D eigenvalue weighted by atomic mass is 9.84. The summed E-state index contributed by atoms with van der Waals surface area (Å²) in [5.41, 5.74) is -0.0486. The molecule has 0 amide bonds. The van der Waals surface area contributed by atoms with Gasteiger partial charge in [-0.05, 0) is 72.7 Å². The zero-order valence-electron chi connectivity index (χ0n) is 34.9. The van der Waals surface area contributed by atoms with E-state index in [4.69, 9.17) is 25.0 Å². The van der Waals surface area contributed by atoms with Crippen LogP contribution in [-0.2, 0) is 0 Å². The van der Waals surface area contributed by atoms with Crippen LogP contribution in [0, 0.1) is 0 Å². The van der Waals surface area contributed by atoms with Crippen LogP contribution in [0.2, 0.25) is 0 Å². The van der Waals surface area contributed by atoms with Gasteiger partial charge in [-0.2, -0.15) is 0 Å². The van der Waals surface area contributed by atoms with Gasteiger partial charge in [0.25, 0.3) is 0 Å². The van der Waals surface area contributed by atoms with Crippen LogP contribution in [0.15, 0.2) is 137 Å².